The van der Waals surface area contributed by atoms with E-state index in [0.29, 0.717) is 0 Å². The van der Waals surface area contributed by atoms with Crippen molar-refractivity contribution in [3.8, 4) is 0 Å². The summed E-state index contributed by atoms with van der Waals surface area (Å²) in [5.74, 6) is 4.11. The molecule has 2 fully saturated rings. The van der Waals surface area contributed by atoms with E-state index in [-0.39, 0.29) is 0 Å². The summed E-state index contributed by atoms with van der Waals surface area (Å²) in [6, 6.07) is 9.45. The Bertz CT molecular complexity index is 613. The highest BCUT2D eigenvalue weighted by Gasteiger charge is 2.43. The molecule has 4 aliphatic rings. The molecule has 3 heterocycles. The van der Waals surface area contributed by atoms with E-state index in [1.54, 1.807) is 0 Å². The Hall–Kier alpha value is -1.31. The lowest BCUT2D eigenvalue weighted by Gasteiger charge is -2.38. The molecule has 1 aromatic carbocycles. The predicted molar refractivity (Wildman–Crippen MR) is 71.6 cm³/mol. The molecular weight excluding hydrogens is 220 g/mol. The number of fused-ring (bicyclic) bond motifs is 1. The maximum absolute atomic E-state index is 4.97. The number of nitrogens with zero attached hydrogens (tertiary/aromatic N) is 2. The first-order chi connectivity index (χ1) is 8.88. The number of rotatable bonds is 0. The summed E-state index contributed by atoms with van der Waals surface area (Å²) in [4.78, 5) is 4.97. The fourth-order valence-electron chi connectivity index (χ4n) is 4.97. The van der Waals surface area contributed by atoms with Crippen LogP contribution in [0.15, 0.2) is 24.3 Å². The predicted octanol–water partition coefficient (Wildman–Crippen LogP) is 3.88. The van der Waals surface area contributed by atoms with Crippen molar-refractivity contribution in [1.29, 1.82) is 0 Å². The van der Waals surface area contributed by atoms with E-state index < -0.39 is 0 Å². The first-order valence-corrected chi connectivity index (χ1v) is 7.35. The van der Waals surface area contributed by atoms with E-state index in [4.69, 9.17) is 4.98 Å². The van der Waals surface area contributed by atoms with Crippen LogP contribution in [0, 0.1) is 11.8 Å². The van der Waals surface area contributed by atoms with Crippen molar-refractivity contribution in [3.05, 3.63) is 30.1 Å². The van der Waals surface area contributed by atoms with Gasteiger partial charge in [-0.05, 0) is 56.1 Å². The van der Waals surface area contributed by atoms with Crippen LogP contribution in [-0.4, -0.2) is 9.55 Å². The average Bonchev–Trinajstić information content (AvgIpc) is 2.68. The SMILES string of the molecule is c1ccc2c(c1)nc1n2C2C[C@H]3CC1C[C@@H](C2)C3. The molecule has 0 radical (unpaired) electrons. The van der Waals surface area contributed by atoms with Gasteiger partial charge in [-0.3, -0.25) is 0 Å². The third kappa shape index (κ3) is 1.12. The van der Waals surface area contributed by atoms with Gasteiger partial charge in [0, 0.05) is 12.0 Å². The maximum atomic E-state index is 4.97. The zero-order valence-corrected chi connectivity index (χ0v) is 10.5. The fraction of sp³-hybridized carbons (Fsp3) is 0.562. The standard InChI is InChI=1S/C16H18N2/c1-2-4-15-14(3-1)17-16-12-6-10-5-11(7-12)9-13(8-10)18(15)16/h1-4,10-13H,5-9H2/t10-,11+,12?,13?. The quantitative estimate of drug-likeness (QED) is 0.681. The van der Waals surface area contributed by atoms with Crippen LogP contribution < -0.4 is 0 Å². The highest BCUT2D eigenvalue weighted by molar-refractivity contribution is 5.76. The van der Waals surface area contributed by atoms with E-state index in [0.717, 1.165) is 23.8 Å². The molecule has 2 nitrogen and oxygen atoms in total. The number of aromatic nitrogens is 2. The van der Waals surface area contributed by atoms with E-state index in [2.05, 4.69) is 28.8 Å². The zero-order chi connectivity index (χ0) is 11.7. The molecule has 2 aromatic rings. The smallest absolute Gasteiger partial charge is 0.113 e. The Balaban J connectivity index is 1.82. The minimum absolute atomic E-state index is 0.739. The Morgan fingerprint density at radius 3 is 2.56 bits per heavy atom. The first kappa shape index (κ1) is 9.60. The average molecular weight is 238 g/mol. The Kier molecular flexibility index (Phi) is 1.69. The summed E-state index contributed by atoms with van der Waals surface area (Å²) in [5.41, 5.74) is 2.59. The van der Waals surface area contributed by atoms with Gasteiger partial charge >= 0.3 is 0 Å². The summed E-state index contributed by atoms with van der Waals surface area (Å²) in [6.45, 7) is 0. The molecule has 2 heteroatoms. The number of hydrogen-bond donors (Lipinski definition) is 0. The third-order valence-electron chi connectivity index (χ3n) is 5.47. The zero-order valence-electron chi connectivity index (χ0n) is 10.5. The lowest BCUT2D eigenvalue weighted by atomic mass is 9.68. The van der Waals surface area contributed by atoms with Crippen molar-refractivity contribution in [2.45, 2.75) is 44.1 Å². The van der Waals surface area contributed by atoms with Crippen molar-refractivity contribution in [1.82, 2.24) is 9.55 Å². The van der Waals surface area contributed by atoms with E-state index in [1.807, 2.05) is 0 Å². The number of para-hydroxylation sites is 2. The second-order valence-electron chi connectivity index (χ2n) is 6.59. The molecule has 6 rings (SSSR count). The second kappa shape index (κ2) is 3.17. The monoisotopic (exact) mass is 238 g/mol. The van der Waals surface area contributed by atoms with Crippen molar-refractivity contribution >= 4 is 11.0 Å². The van der Waals surface area contributed by atoms with Gasteiger partial charge < -0.3 is 4.57 Å². The molecule has 2 aliphatic heterocycles. The molecule has 0 amide bonds. The summed E-state index contributed by atoms with van der Waals surface area (Å²) in [5, 5.41) is 0. The second-order valence-corrected chi connectivity index (χ2v) is 6.59. The van der Waals surface area contributed by atoms with E-state index >= 15 is 0 Å². The molecule has 0 saturated heterocycles. The van der Waals surface area contributed by atoms with Crippen molar-refractivity contribution in [3.63, 3.8) is 0 Å². The minimum Gasteiger partial charge on any atom is -0.325 e. The van der Waals surface area contributed by atoms with Gasteiger partial charge in [-0.25, -0.2) is 4.98 Å². The van der Waals surface area contributed by atoms with Gasteiger partial charge in [-0.2, -0.15) is 0 Å². The van der Waals surface area contributed by atoms with Gasteiger partial charge in [0.15, 0.2) is 0 Å². The van der Waals surface area contributed by atoms with Crippen LogP contribution in [0.3, 0.4) is 0 Å². The van der Waals surface area contributed by atoms with Crippen LogP contribution in [0.5, 0.6) is 0 Å². The first-order valence-electron chi connectivity index (χ1n) is 7.35. The van der Waals surface area contributed by atoms with E-state index in [9.17, 15) is 0 Å². The highest BCUT2D eigenvalue weighted by atomic mass is 15.1. The maximum Gasteiger partial charge on any atom is 0.113 e. The van der Waals surface area contributed by atoms with Crippen LogP contribution in [0.1, 0.15) is 49.9 Å². The normalized spacial score (nSPS) is 36.9. The van der Waals surface area contributed by atoms with Crippen molar-refractivity contribution < 1.29 is 0 Å². The van der Waals surface area contributed by atoms with Gasteiger partial charge in [0.25, 0.3) is 0 Å². The topological polar surface area (TPSA) is 17.8 Å². The molecule has 2 saturated carbocycles. The Morgan fingerprint density at radius 1 is 0.944 bits per heavy atom. The molecule has 2 aliphatic carbocycles. The number of hydrogen-bond acceptors (Lipinski definition) is 1. The number of imidazole rings is 1. The molecule has 92 valence electrons. The molecule has 18 heavy (non-hydrogen) atoms. The lowest BCUT2D eigenvalue weighted by Crippen LogP contribution is -2.26. The molecule has 4 atom stereocenters. The van der Waals surface area contributed by atoms with Crippen LogP contribution >= 0.6 is 0 Å². The van der Waals surface area contributed by atoms with Crippen LogP contribution in [0.25, 0.3) is 11.0 Å². The largest absolute Gasteiger partial charge is 0.325 e. The van der Waals surface area contributed by atoms with Gasteiger partial charge in [0.1, 0.15) is 5.82 Å². The van der Waals surface area contributed by atoms with Crippen LogP contribution in [0.2, 0.25) is 0 Å². The molecule has 1 aromatic heterocycles. The van der Waals surface area contributed by atoms with Gasteiger partial charge in [-0.1, -0.05) is 12.1 Å². The van der Waals surface area contributed by atoms with Gasteiger partial charge in [0.2, 0.25) is 0 Å². The van der Waals surface area contributed by atoms with Gasteiger partial charge in [0.05, 0.1) is 11.0 Å². The summed E-state index contributed by atoms with van der Waals surface area (Å²) in [6.07, 6.45) is 7.10. The molecule has 2 unspecified atom stereocenters. The summed E-state index contributed by atoms with van der Waals surface area (Å²) in [7, 11) is 0. The van der Waals surface area contributed by atoms with Crippen LogP contribution in [0.4, 0.5) is 0 Å². The Labute approximate surface area is 107 Å². The molecule has 0 spiro atoms. The highest BCUT2D eigenvalue weighted by Crippen LogP contribution is 2.54. The third-order valence-corrected chi connectivity index (χ3v) is 5.47. The number of benzene rings is 1. The van der Waals surface area contributed by atoms with Crippen molar-refractivity contribution in [2.24, 2.45) is 11.8 Å². The van der Waals surface area contributed by atoms with Gasteiger partial charge in [-0.15, -0.1) is 0 Å². The van der Waals surface area contributed by atoms with Crippen LogP contribution in [-0.2, 0) is 0 Å². The molecular formula is C16H18N2. The Morgan fingerprint density at radius 2 is 1.72 bits per heavy atom. The fourth-order valence-corrected chi connectivity index (χ4v) is 4.97. The minimum atomic E-state index is 0.739. The summed E-state index contributed by atoms with van der Waals surface area (Å²) < 4.78 is 2.61. The molecule has 0 N–H and O–H groups in total. The van der Waals surface area contributed by atoms with E-state index in [1.165, 1.54) is 49.0 Å². The molecule has 4 bridgehead atoms. The lowest BCUT2D eigenvalue weighted by molar-refractivity contribution is 0.152. The summed E-state index contributed by atoms with van der Waals surface area (Å²) >= 11 is 0. The van der Waals surface area contributed by atoms with Crippen molar-refractivity contribution in [2.75, 3.05) is 0 Å².